The lowest BCUT2D eigenvalue weighted by Crippen LogP contribution is -2.61. The van der Waals surface area contributed by atoms with Gasteiger partial charge in [0.05, 0.1) is 25.4 Å². The van der Waals surface area contributed by atoms with E-state index in [4.69, 9.17) is 14.2 Å². The summed E-state index contributed by atoms with van der Waals surface area (Å²) in [6.07, 6.45) is 61.2. The van der Waals surface area contributed by atoms with E-state index in [-0.39, 0.29) is 19.4 Å². The monoisotopic (exact) mass is 1080 g/mol. The van der Waals surface area contributed by atoms with Gasteiger partial charge in [0.25, 0.3) is 0 Å². The molecule has 8 atom stereocenters. The van der Waals surface area contributed by atoms with Crippen LogP contribution in [0.1, 0.15) is 233 Å². The third kappa shape index (κ3) is 41.1. The van der Waals surface area contributed by atoms with Gasteiger partial charge in [-0.1, -0.05) is 226 Å². The number of esters is 1. The Morgan fingerprint density at radius 2 is 0.935 bits per heavy atom. The topological polar surface area (TPSA) is 175 Å². The average molecular weight is 1080 g/mol. The number of nitrogens with one attached hydrogen (secondary N) is 1. The first-order valence-electron chi connectivity index (χ1n) is 30.7. The zero-order chi connectivity index (χ0) is 56.1. The zero-order valence-corrected chi connectivity index (χ0v) is 48.5. The van der Waals surface area contributed by atoms with Crippen LogP contribution in [-0.2, 0) is 23.8 Å². The Kier molecular flexibility index (Phi) is 49.1. The summed E-state index contributed by atoms with van der Waals surface area (Å²) >= 11 is 0. The minimum absolute atomic E-state index is 0.0880. The van der Waals surface area contributed by atoms with Crippen LogP contribution in [0.4, 0.5) is 0 Å². The summed E-state index contributed by atoms with van der Waals surface area (Å²) in [6.45, 7) is 5.60. The summed E-state index contributed by atoms with van der Waals surface area (Å²) in [7, 11) is 0. The van der Waals surface area contributed by atoms with Crippen molar-refractivity contribution in [3.63, 3.8) is 0 Å². The van der Waals surface area contributed by atoms with Gasteiger partial charge in [0.1, 0.15) is 24.4 Å². The molecule has 1 heterocycles. The van der Waals surface area contributed by atoms with Gasteiger partial charge >= 0.3 is 5.97 Å². The van der Waals surface area contributed by atoms with Crippen LogP contribution in [0, 0.1) is 0 Å². The van der Waals surface area contributed by atoms with Gasteiger partial charge in [-0.15, -0.1) is 0 Å². The maximum atomic E-state index is 13.4. The van der Waals surface area contributed by atoms with Crippen LogP contribution >= 0.6 is 0 Å². The Morgan fingerprint density at radius 3 is 1.43 bits per heavy atom. The van der Waals surface area contributed by atoms with Crippen LogP contribution in [0.2, 0.25) is 0 Å². The van der Waals surface area contributed by atoms with Gasteiger partial charge in [-0.25, -0.2) is 0 Å². The fourth-order valence-electron chi connectivity index (χ4n) is 8.80. The Bertz CT molecular complexity index is 1660. The number of hydrogen-bond donors (Lipinski definition) is 6. The van der Waals surface area contributed by atoms with Gasteiger partial charge in [0.15, 0.2) is 12.4 Å². The predicted octanol–water partition coefficient (Wildman–Crippen LogP) is 14.5. The molecule has 0 radical (unpaired) electrons. The molecule has 8 unspecified atom stereocenters. The molecule has 0 bridgehead atoms. The van der Waals surface area contributed by atoms with Gasteiger partial charge in [-0.3, -0.25) is 9.59 Å². The first kappa shape index (κ1) is 71.3. The molecular formula is C66H111NO10. The van der Waals surface area contributed by atoms with E-state index in [1.165, 1.54) is 70.6 Å². The number of unbranched alkanes of at least 4 members (excludes halogenated alkanes) is 20. The highest BCUT2D eigenvalue weighted by Gasteiger charge is 2.47. The number of carbonyl (C=O) groups excluding carboxylic acids is 2. The highest BCUT2D eigenvalue weighted by molar-refractivity contribution is 5.80. The number of ether oxygens (including phenoxy) is 3. The van der Waals surface area contributed by atoms with Gasteiger partial charge in [0, 0.05) is 6.42 Å². The van der Waals surface area contributed by atoms with E-state index < -0.39 is 67.4 Å². The summed E-state index contributed by atoms with van der Waals surface area (Å²) < 4.78 is 17.6. The van der Waals surface area contributed by atoms with E-state index >= 15 is 0 Å². The van der Waals surface area contributed by atoms with Crippen molar-refractivity contribution in [3.05, 3.63) is 109 Å². The molecule has 6 N–H and O–H groups in total. The van der Waals surface area contributed by atoms with Gasteiger partial charge < -0.3 is 45.1 Å². The molecule has 0 spiro atoms. The van der Waals surface area contributed by atoms with Crippen LogP contribution < -0.4 is 5.32 Å². The van der Waals surface area contributed by atoms with E-state index in [2.05, 4.69) is 123 Å². The molecule has 1 saturated heterocycles. The molecule has 0 aromatic rings. The van der Waals surface area contributed by atoms with Crippen molar-refractivity contribution in [3.8, 4) is 0 Å². The maximum Gasteiger partial charge on any atom is 0.306 e. The Labute approximate surface area is 468 Å². The van der Waals surface area contributed by atoms with Gasteiger partial charge in [-0.05, 0) is 109 Å². The first-order valence-corrected chi connectivity index (χ1v) is 30.7. The maximum absolute atomic E-state index is 13.4. The number of aliphatic hydroxyl groups excluding tert-OH is 5. The summed E-state index contributed by atoms with van der Waals surface area (Å²) in [5.41, 5.74) is 0. The number of rotatable bonds is 50. The molecule has 0 aromatic carbocycles. The molecule has 11 nitrogen and oxygen atoms in total. The van der Waals surface area contributed by atoms with Crippen molar-refractivity contribution in [2.75, 3.05) is 13.2 Å². The van der Waals surface area contributed by atoms with Crippen molar-refractivity contribution < 1.29 is 49.3 Å². The highest BCUT2D eigenvalue weighted by Crippen LogP contribution is 2.26. The molecule has 1 aliphatic heterocycles. The van der Waals surface area contributed by atoms with E-state index in [9.17, 15) is 35.1 Å². The number of amides is 1. The molecule has 0 aromatic heterocycles. The molecule has 0 saturated carbocycles. The van der Waals surface area contributed by atoms with Crippen LogP contribution in [0.5, 0.6) is 0 Å². The van der Waals surface area contributed by atoms with Gasteiger partial charge in [-0.2, -0.15) is 0 Å². The highest BCUT2D eigenvalue weighted by atomic mass is 16.7. The number of aliphatic hydroxyl groups is 5. The quantitative estimate of drug-likeness (QED) is 0.0195. The van der Waals surface area contributed by atoms with Crippen molar-refractivity contribution in [1.29, 1.82) is 0 Å². The van der Waals surface area contributed by atoms with Crippen molar-refractivity contribution in [1.82, 2.24) is 5.32 Å². The molecule has 440 valence electrons. The Morgan fingerprint density at radius 1 is 0.519 bits per heavy atom. The van der Waals surface area contributed by atoms with Crippen molar-refractivity contribution in [2.45, 2.75) is 282 Å². The lowest BCUT2D eigenvalue weighted by Gasteiger charge is -2.41. The fourth-order valence-corrected chi connectivity index (χ4v) is 8.80. The van der Waals surface area contributed by atoms with Gasteiger partial charge in [0.2, 0.25) is 5.91 Å². The second-order valence-corrected chi connectivity index (χ2v) is 20.7. The number of hydrogen-bond acceptors (Lipinski definition) is 10. The third-order valence-corrected chi connectivity index (χ3v) is 13.7. The van der Waals surface area contributed by atoms with Crippen LogP contribution in [-0.4, -0.2) is 99.6 Å². The molecule has 1 rings (SSSR count). The Balaban J connectivity index is 2.76. The number of allylic oxidation sites excluding steroid dienone is 17. The zero-order valence-electron chi connectivity index (χ0n) is 48.5. The molecular weight excluding hydrogens is 967 g/mol. The lowest BCUT2D eigenvalue weighted by molar-refractivity contribution is -0.305. The second kappa shape index (κ2) is 53.0. The molecule has 1 fully saturated rings. The van der Waals surface area contributed by atoms with E-state index in [1.54, 1.807) is 6.08 Å². The average Bonchev–Trinajstić information content (AvgIpc) is 3.43. The molecule has 1 amide bonds. The smallest absolute Gasteiger partial charge is 0.306 e. The lowest BCUT2D eigenvalue weighted by atomic mass is 9.99. The Hall–Kier alpha value is -3.68. The summed E-state index contributed by atoms with van der Waals surface area (Å²) in [4.78, 5) is 26.5. The minimum atomic E-state index is -1.64. The summed E-state index contributed by atoms with van der Waals surface area (Å²) in [5, 5.41) is 56.9. The summed E-state index contributed by atoms with van der Waals surface area (Å²) in [5.74, 6) is -1.26. The van der Waals surface area contributed by atoms with Crippen molar-refractivity contribution >= 4 is 11.9 Å². The minimum Gasteiger partial charge on any atom is -0.454 e. The standard InChI is InChI=1S/C66H111NO10/c1-4-7-10-13-16-19-22-25-27-29-31-32-35-38-41-44-47-50-53-59(70)65(74)67-57(58(69)52-49-46-43-40-37-34-24-21-18-15-12-9-6-3)56-75-66-64(63(73)62(72)60(55-68)76-66)77-61(71)54-51-48-45-42-39-36-33-30-28-26-23-20-17-14-11-8-5-2/h7,10,16-17,19-20,25-28,31-33,36,38,41,49,52,57-60,62-64,66,68-70,72-73H,4-6,8-9,11-15,18,21-24,29-30,34-35,37,39-40,42-48,50-51,53-56H2,1-3H3,(H,67,74)/b10-7-,19-16-,20-17-,27-25-,28-26-,32-31-,36-33-,41-38-,52-49+. The first-order chi connectivity index (χ1) is 37.7. The largest absolute Gasteiger partial charge is 0.454 e. The second-order valence-electron chi connectivity index (χ2n) is 20.7. The fraction of sp³-hybridized carbons (Fsp3) is 0.697. The van der Waals surface area contributed by atoms with E-state index in [0.29, 0.717) is 12.8 Å². The molecule has 1 aliphatic rings. The van der Waals surface area contributed by atoms with E-state index in [1.807, 2.05) is 6.08 Å². The molecule has 11 heteroatoms. The van der Waals surface area contributed by atoms with Crippen molar-refractivity contribution in [2.24, 2.45) is 0 Å². The SMILES string of the molecule is CC/C=C\C/C=C\C/C=C\C/C=C\C/C=C\CCCCC(O)C(=O)NC(COC1OC(CO)C(O)C(O)C1OC(=O)CCCCCC/C=C\C/C=C\C/C=C\CCCCC)C(O)/C=C/CCCCCCCCCCCCC. The van der Waals surface area contributed by atoms with Crippen LogP contribution in [0.3, 0.4) is 0 Å². The summed E-state index contributed by atoms with van der Waals surface area (Å²) in [6, 6.07) is -1.05. The van der Waals surface area contributed by atoms with E-state index in [0.717, 1.165) is 116 Å². The third-order valence-electron chi connectivity index (χ3n) is 13.7. The van der Waals surface area contributed by atoms with Crippen LogP contribution in [0.25, 0.3) is 0 Å². The predicted molar refractivity (Wildman–Crippen MR) is 319 cm³/mol. The normalized spacial score (nSPS) is 19.8. The van der Waals surface area contributed by atoms with Crippen LogP contribution in [0.15, 0.2) is 109 Å². The number of carbonyl (C=O) groups is 2. The molecule has 0 aliphatic carbocycles. The molecule has 77 heavy (non-hydrogen) atoms.